The van der Waals surface area contributed by atoms with E-state index in [1.165, 1.54) is 0 Å². The molecule has 0 aromatic heterocycles. The molecule has 22 heavy (non-hydrogen) atoms. The fourth-order valence-electron chi connectivity index (χ4n) is 2.21. The lowest BCUT2D eigenvalue weighted by molar-refractivity contribution is 0.961. The average Bonchev–Trinajstić information content (AvgIpc) is 3.04. The molecular formula is C17H15Cl2N3. The number of benzene rings is 2. The molecule has 0 radical (unpaired) electrons. The summed E-state index contributed by atoms with van der Waals surface area (Å²) in [7, 11) is 0. The highest BCUT2D eigenvalue weighted by molar-refractivity contribution is 6.39. The lowest BCUT2D eigenvalue weighted by atomic mass is 10.1. The second-order valence-corrected chi connectivity index (χ2v) is 5.65. The molecule has 1 aliphatic rings. The number of amidine groups is 1. The predicted molar refractivity (Wildman–Crippen MR) is 94.8 cm³/mol. The lowest BCUT2D eigenvalue weighted by Gasteiger charge is -2.14. The van der Waals surface area contributed by atoms with Crippen LogP contribution in [0.3, 0.4) is 0 Å². The van der Waals surface area contributed by atoms with Crippen molar-refractivity contribution in [2.45, 2.75) is 0 Å². The second kappa shape index (κ2) is 6.86. The molecule has 0 saturated carbocycles. The molecule has 1 heterocycles. The maximum absolute atomic E-state index is 6.26. The highest BCUT2D eigenvalue weighted by Crippen LogP contribution is 2.32. The quantitative estimate of drug-likeness (QED) is 0.868. The van der Waals surface area contributed by atoms with Crippen LogP contribution in [-0.2, 0) is 0 Å². The first-order valence-electron chi connectivity index (χ1n) is 7.00. The van der Waals surface area contributed by atoms with Gasteiger partial charge in [0.25, 0.3) is 0 Å². The van der Waals surface area contributed by atoms with E-state index in [2.05, 4.69) is 15.6 Å². The predicted octanol–water partition coefficient (Wildman–Crippen LogP) is 4.45. The van der Waals surface area contributed by atoms with Crippen molar-refractivity contribution in [1.82, 2.24) is 5.32 Å². The van der Waals surface area contributed by atoms with Crippen LogP contribution >= 0.6 is 23.2 Å². The number of nitrogens with zero attached hydrogens (tertiary/aromatic N) is 1. The van der Waals surface area contributed by atoms with Gasteiger partial charge < -0.3 is 10.6 Å². The van der Waals surface area contributed by atoms with Crippen LogP contribution in [0.5, 0.6) is 0 Å². The Morgan fingerprint density at radius 3 is 2.41 bits per heavy atom. The first-order valence-corrected chi connectivity index (χ1v) is 7.76. The van der Waals surface area contributed by atoms with Gasteiger partial charge in [-0.25, -0.2) is 0 Å². The van der Waals surface area contributed by atoms with Crippen molar-refractivity contribution in [3.8, 4) is 0 Å². The van der Waals surface area contributed by atoms with Gasteiger partial charge in [0.1, 0.15) is 5.84 Å². The number of para-hydroxylation sites is 1. The Hall–Kier alpha value is -1.97. The number of aliphatic imine (C=N–C) groups is 1. The van der Waals surface area contributed by atoms with E-state index in [1.54, 1.807) is 0 Å². The van der Waals surface area contributed by atoms with Crippen molar-refractivity contribution in [1.29, 1.82) is 0 Å². The van der Waals surface area contributed by atoms with E-state index >= 15 is 0 Å². The van der Waals surface area contributed by atoms with E-state index in [9.17, 15) is 0 Å². The standard InChI is InChI=1S/C17H15Cl2N3/c18-13-7-4-8-14(19)17(13)22-15(11-16-20-9-10-21-16)12-5-2-1-3-6-12/h1-8,11,22H,9-10H2,(H,20,21). The topological polar surface area (TPSA) is 36.4 Å². The zero-order valence-corrected chi connectivity index (χ0v) is 13.3. The van der Waals surface area contributed by atoms with Crippen molar-refractivity contribution < 1.29 is 0 Å². The van der Waals surface area contributed by atoms with E-state index in [4.69, 9.17) is 23.2 Å². The van der Waals surface area contributed by atoms with E-state index in [0.29, 0.717) is 15.7 Å². The number of hydrogen-bond acceptors (Lipinski definition) is 3. The Kier molecular flexibility index (Phi) is 4.66. The highest BCUT2D eigenvalue weighted by atomic mass is 35.5. The second-order valence-electron chi connectivity index (χ2n) is 4.84. The minimum absolute atomic E-state index is 0.579. The van der Waals surface area contributed by atoms with Crippen LogP contribution in [0.15, 0.2) is 59.6 Å². The molecule has 0 aliphatic carbocycles. The molecular weight excluding hydrogens is 317 g/mol. The van der Waals surface area contributed by atoms with Gasteiger partial charge in [-0.1, -0.05) is 59.6 Å². The van der Waals surface area contributed by atoms with Gasteiger partial charge in [0.05, 0.1) is 22.3 Å². The van der Waals surface area contributed by atoms with Crippen molar-refractivity contribution in [2.75, 3.05) is 18.4 Å². The van der Waals surface area contributed by atoms with Crippen molar-refractivity contribution in [2.24, 2.45) is 4.99 Å². The van der Waals surface area contributed by atoms with E-state index in [1.807, 2.05) is 54.6 Å². The molecule has 0 atom stereocenters. The maximum Gasteiger partial charge on any atom is 0.123 e. The van der Waals surface area contributed by atoms with Crippen LogP contribution in [0.1, 0.15) is 5.56 Å². The summed E-state index contributed by atoms with van der Waals surface area (Å²) in [6.45, 7) is 1.65. The van der Waals surface area contributed by atoms with Gasteiger partial charge >= 0.3 is 0 Å². The molecule has 1 aliphatic heterocycles. The Morgan fingerprint density at radius 2 is 1.77 bits per heavy atom. The molecule has 0 bridgehead atoms. The normalized spacial score (nSPS) is 14.5. The van der Waals surface area contributed by atoms with Gasteiger partial charge in [-0.05, 0) is 17.7 Å². The molecule has 2 aromatic carbocycles. The van der Waals surface area contributed by atoms with E-state index in [0.717, 1.165) is 30.2 Å². The minimum Gasteiger partial charge on any atom is -0.368 e. The smallest absolute Gasteiger partial charge is 0.123 e. The molecule has 112 valence electrons. The van der Waals surface area contributed by atoms with Crippen LogP contribution < -0.4 is 10.6 Å². The third-order valence-electron chi connectivity index (χ3n) is 3.29. The zero-order valence-electron chi connectivity index (χ0n) is 11.8. The molecule has 2 N–H and O–H groups in total. The maximum atomic E-state index is 6.26. The summed E-state index contributed by atoms with van der Waals surface area (Å²) in [6, 6.07) is 15.5. The lowest BCUT2D eigenvalue weighted by Crippen LogP contribution is -2.17. The van der Waals surface area contributed by atoms with Crippen molar-refractivity contribution >= 4 is 40.4 Å². The van der Waals surface area contributed by atoms with Crippen LogP contribution in [0.2, 0.25) is 10.0 Å². The number of halogens is 2. The fraction of sp³-hybridized carbons (Fsp3) is 0.118. The SMILES string of the molecule is Clc1cccc(Cl)c1NC(=CC1=NCCN1)c1ccccc1. The molecule has 0 saturated heterocycles. The zero-order chi connectivity index (χ0) is 15.4. The van der Waals surface area contributed by atoms with E-state index < -0.39 is 0 Å². The number of anilines is 1. The summed E-state index contributed by atoms with van der Waals surface area (Å²) in [4.78, 5) is 4.41. The molecule has 3 rings (SSSR count). The van der Waals surface area contributed by atoms with Crippen LogP contribution in [0, 0.1) is 0 Å². The van der Waals surface area contributed by atoms with Gasteiger partial charge in [-0.3, -0.25) is 4.99 Å². The van der Waals surface area contributed by atoms with Gasteiger partial charge in [-0.15, -0.1) is 0 Å². The van der Waals surface area contributed by atoms with Crippen molar-refractivity contribution in [3.63, 3.8) is 0 Å². The summed E-state index contributed by atoms with van der Waals surface area (Å²) >= 11 is 12.5. The third kappa shape index (κ3) is 3.43. The number of hydrogen-bond donors (Lipinski definition) is 2. The van der Waals surface area contributed by atoms with Gasteiger partial charge in [-0.2, -0.15) is 0 Å². The first-order chi connectivity index (χ1) is 10.7. The summed E-state index contributed by atoms with van der Waals surface area (Å²) < 4.78 is 0. The van der Waals surface area contributed by atoms with Crippen LogP contribution in [-0.4, -0.2) is 18.9 Å². The largest absolute Gasteiger partial charge is 0.368 e. The Balaban J connectivity index is 1.99. The Morgan fingerprint density at radius 1 is 1.05 bits per heavy atom. The van der Waals surface area contributed by atoms with Gasteiger partial charge in [0.15, 0.2) is 0 Å². The first kappa shape index (κ1) is 14.9. The molecule has 0 spiro atoms. The van der Waals surface area contributed by atoms with Crippen molar-refractivity contribution in [3.05, 3.63) is 70.2 Å². The average molecular weight is 332 g/mol. The van der Waals surface area contributed by atoms with Crippen LogP contribution in [0.4, 0.5) is 5.69 Å². The van der Waals surface area contributed by atoms with Gasteiger partial charge in [0.2, 0.25) is 0 Å². The van der Waals surface area contributed by atoms with Gasteiger partial charge in [0, 0.05) is 18.3 Å². The molecule has 3 nitrogen and oxygen atoms in total. The summed E-state index contributed by atoms with van der Waals surface area (Å²) in [5.41, 5.74) is 2.62. The van der Waals surface area contributed by atoms with E-state index in [-0.39, 0.29) is 0 Å². The number of nitrogens with one attached hydrogen (secondary N) is 2. The summed E-state index contributed by atoms with van der Waals surface area (Å²) in [5, 5.41) is 7.73. The number of rotatable bonds is 4. The van der Waals surface area contributed by atoms with Crippen LogP contribution in [0.25, 0.3) is 5.70 Å². The molecule has 0 unspecified atom stereocenters. The molecule has 5 heteroatoms. The fourth-order valence-corrected chi connectivity index (χ4v) is 2.70. The monoisotopic (exact) mass is 331 g/mol. The Bertz CT molecular complexity index is 704. The minimum atomic E-state index is 0.579. The highest BCUT2D eigenvalue weighted by Gasteiger charge is 2.11. The molecule has 0 fully saturated rings. The third-order valence-corrected chi connectivity index (χ3v) is 3.92. The molecule has 2 aromatic rings. The summed E-state index contributed by atoms with van der Waals surface area (Å²) in [5.74, 6) is 0.856. The molecule has 0 amide bonds. The Labute approximate surface area is 139 Å². The summed E-state index contributed by atoms with van der Waals surface area (Å²) in [6.07, 6.45) is 1.97.